The number of aromatic amines is 1. The number of rotatable bonds is 4. The molecule has 0 spiro atoms. The van der Waals surface area contributed by atoms with Crippen molar-refractivity contribution < 1.29 is 0 Å². The second kappa shape index (κ2) is 4.39. The highest BCUT2D eigenvalue weighted by Gasteiger charge is 2.04. The van der Waals surface area contributed by atoms with Gasteiger partial charge in [-0.05, 0) is 7.05 Å². The van der Waals surface area contributed by atoms with E-state index in [-0.39, 0.29) is 0 Å². The highest BCUT2D eigenvalue weighted by Crippen LogP contribution is 2.20. The van der Waals surface area contributed by atoms with Crippen molar-refractivity contribution in [2.24, 2.45) is 0 Å². The average molecular weight is 209 g/mol. The molecule has 2 heterocycles. The molecule has 0 aliphatic heterocycles. The van der Waals surface area contributed by atoms with Gasteiger partial charge in [0.1, 0.15) is 16.9 Å². The molecule has 14 heavy (non-hydrogen) atoms. The first-order chi connectivity index (χ1) is 6.92. The fourth-order valence-corrected chi connectivity index (χ4v) is 2.02. The van der Waals surface area contributed by atoms with Gasteiger partial charge in [-0.25, -0.2) is 15.0 Å². The van der Waals surface area contributed by atoms with Crippen LogP contribution < -0.4 is 5.32 Å². The zero-order valence-corrected chi connectivity index (χ0v) is 8.64. The van der Waals surface area contributed by atoms with Crippen molar-refractivity contribution in [2.75, 3.05) is 19.3 Å². The number of hydrogen-bond acceptors (Lipinski definition) is 5. The molecule has 0 radical (unpaired) electrons. The number of aromatic nitrogens is 4. The van der Waals surface area contributed by atoms with E-state index in [0.29, 0.717) is 0 Å². The Bertz CT molecular complexity index is 413. The summed E-state index contributed by atoms with van der Waals surface area (Å²) in [4.78, 5) is 15.4. The zero-order valence-electron chi connectivity index (χ0n) is 7.82. The second-order valence-corrected chi connectivity index (χ2v) is 3.82. The standard InChI is InChI=1S/C8H11N5S/c1-9-2-3-14-8-6-7(11-4-10-6)12-5-13-8/h4-5,9H,2-3H2,1H3,(H,10,11,12,13). The third-order valence-corrected chi connectivity index (χ3v) is 2.77. The molecule has 0 aromatic carbocycles. The molecule has 0 bridgehead atoms. The Morgan fingerprint density at radius 3 is 3.21 bits per heavy atom. The Hall–Kier alpha value is -1.14. The molecule has 5 nitrogen and oxygen atoms in total. The van der Waals surface area contributed by atoms with Crippen molar-refractivity contribution in [3.8, 4) is 0 Å². The fraction of sp³-hybridized carbons (Fsp3) is 0.375. The van der Waals surface area contributed by atoms with E-state index >= 15 is 0 Å². The van der Waals surface area contributed by atoms with Crippen LogP contribution in [0.25, 0.3) is 11.2 Å². The van der Waals surface area contributed by atoms with Gasteiger partial charge in [-0.15, -0.1) is 11.8 Å². The molecule has 0 unspecified atom stereocenters. The molecule has 2 N–H and O–H groups in total. The first-order valence-corrected chi connectivity index (χ1v) is 5.32. The summed E-state index contributed by atoms with van der Waals surface area (Å²) in [6, 6.07) is 0. The fourth-order valence-electron chi connectivity index (χ4n) is 1.10. The van der Waals surface area contributed by atoms with E-state index in [2.05, 4.69) is 25.3 Å². The van der Waals surface area contributed by atoms with Crippen LogP contribution in [0.3, 0.4) is 0 Å². The minimum atomic E-state index is 0.729. The minimum Gasteiger partial charge on any atom is -0.341 e. The normalized spacial score (nSPS) is 10.9. The summed E-state index contributed by atoms with van der Waals surface area (Å²) in [6.45, 7) is 0.963. The maximum Gasteiger partial charge on any atom is 0.181 e. The Balaban J connectivity index is 2.19. The quantitative estimate of drug-likeness (QED) is 0.440. The van der Waals surface area contributed by atoms with E-state index in [1.165, 1.54) is 0 Å². The summed E-state index contributed by atoms with van der Waals surface area (Å²) in [5.74, 6) is 0.988. The first kappa shape index (κ1) is 9.42. The molecule has 0 aliphatic rings. The van der Waals surface area contributed by atoms with Gasteiger partial charge in [-0.1, -0.05) is 0 Å². The molecule has 0 saturated heterocycles. The maximum absolute atomic E-state index is 4.20. The Morgan fingerprint density at radius 2 is 2.36 bits per heavy atom. The Labute approximate surface area is 85.7 Å². The van der Waals surface area contributed by atoms with Gasteiger partial charge in [0.05, 0.1) is 6.33 Å². The van der Waals surface area contributed by atoms with Crippen molar-refractivity contribution in [2.45, 2.75) is 5.03 Å². The smallest absolute Gasteiger partial charge is 0.181 e. The topological polar surface area (TPSA) is 66.5 Å². The lowest BCUT2D eigenvalue weighted by molar-refractivity contribution is 0.871. The molecule has 0 fully saturated rings. The highest BCUT2D eigenvalue weighted by atomic mass is 32.2. The second-order valence-electron chi connectivity index (χ2n) is 2.73. The van der Waals surface area contributed by atoms with Gasteiger partial charge in [-0.3, -0.25) is 0 Å². The number of imidazole rings is 1. The molecular formula is C8H11N5S. The number of hydrogen-bond donors (Lipinski definition) is 2. The summed E-state index contributed by atoms with van der Waals surface area (Å²) in [5, 5.41) is 4.05. The van der Waals surface area contributed by atoms with Crippen LogP contribution in [0.2, 0.25) is 0 Å². The van der Waals surface area contributed by atoms with Gasteiger partial charge in [0.25, 0.3) is 0 Å². The molecule has 2 aromatic rings. The molecule has 74 valence electrons. The summed E-state index contributed by atoms with van der Waals surface area (Å²) < 4.78 is 0. The number of fused-ring (bicyclic) bond motifs is 1. The predicted molar refractivity (Wildman–Crippen MR) is 56.3 cm³/mol. The van der Waals surface area contributed by atoms with Gasteiger partial charge in [-0.2, -0.15) is 0 Å². The van der Waals surface area contributed by atoms with Crippen molar-refractivity contribution in [1.82, 2.24) is 25.3 Å². The van der Waals surface area contributed by atoms with E-state index in [9.17, 15) is 0 Å². The lowest BCUT2D eigenvalue weighted by Crippen LogP contribution is -2.09. The molecule has 6 heteroatoms. The van der Waals surface area contributed by atoms with Gasteiger partial charge in [0.2, 0.25) is 0 Å². The van der Waals surface area contributed by atoms with E-state index < -0.39 is 0 Å². The van der Waals surface area contributed by atoms with E-state index in [0.717, 1.165) is 28.5 Å². The molecule has 0 saturated carbocycles. The summed E-state index contributed by atoms with van der Waals surface area (Å²) in [5.41, 5.74) is 1.65. The molecule has 0 amide bonds. The van der Waals surface area contributed by atoms with Crippen molar-refractivity contribution in [3.05, 3.63) is 12.7 Å². The number of nitrogens with zero attached hydrogens (tertiary/aromatic N) is 3. The van der Waals surface area contributed by atoms with E-state index in [1.807, 2.05) is 7.05 Å². The lowest BCUT2D eigenvalue weighted by Gasteiger charge is -2.00. The van der Waals surface area contributed by atoms with Crippen LogP contribution >= 0.6 is 11.8 Å². The third kappa shape index (κ3) is 1.85. The Morgan fingerprint density at radius 1 is 1.43 bits per heavy atom. The van der Waals surface area contributed by atoms with Crippen LogP contribution in [-0.4, -0.2) is 39.3 Å². The van der Waals surface area contributed by atoms with E-state index in [1.54, 1.807) is 24.4 Å². The van der Waals surface area contributed by atoms with Crippen LogP contribution in [0.1, 0.15) is 0 Å². The zero-order chi connectivity index (χ0) is 9.80. The molecular weight excluding hydrogens is 198 g/mol. The molecule has 2 rings (SSSR count). The lowest BCUT2D eigenvalue weighted by atomic mass is 10.6. The van der Waals surface area contributed by atoms with Crippen LogP contribution in [0.15, 0.2) is 17.7 Å². The van der Waals surface area contributed by atoms with Crippen LogP contribution in [0, 0.1) is 0 Å². The van der Waals surface area contributed by atoms with Crippen LogP contribution in [0.4, 0.5) is 0 Å². The van der Waals surface area contributed by atoms with Gasteiger partial charge in [0.15, 0.2) is 5.65 Å². The molecule has 2 aromatic heterocycles. The summed E-state index contributed by atoms with van der Waals surface area (Å²) >= 11 is 1.69. The number of thioether (sulfide) groups is 1. The van der Waals surface area contributed by atoms with Crippen molar-refractivity contribution in [1.29, 1.82) is 0 Å². The van der Waals surface area contributed by atoms with Crippen molar-refractivity contribution in [3.63, 3.8) is 0 Å². The SMILES string of the molecule is CNCCSc1ncnc2nc[nH]c12. The third-order valence-electron chi connectivity index (χ3n) is 1.78. The monoisotopic (exact) mass is 209 g/mol. The van der Waals surface area contributed by atoms with Crippen LogP contribution in [-0.2, 0) is 0 Å². The van der Waals surface area contributed by atoms with Crippen LogP contribution in [0.5, 0.6) is 0 Å². The van der Waals surface area contributed by atoms with E-state index in [4.69, 9.17) is 0 Å². The summed E-state index contributed by atoms with van der Waals surface area (Å²) in [6.07, 6.45) is 3.19. The predicted octanol–water partition coefficient (Wildman–Crippen LogP) is 0.664. The number of H-pyrrole nitrogens is 1. The highest BCUT2D eigenvalue weighted by molar-refractivity contribution is 7.99. The Kier molecular flexibility index (Phi) is 2.95. The maximum atomic E-state index is 4.20. The molecule has 0 atom stereocenters. The summed E-state index contributed by atoms with van der Waals surface area (Å²) in [7, 11) is 1.94. The number of nitrogens with one attached hydrogen (secondary N) is 2. The van der Waals surface area contributed by atoms with Gasteiger partial charge < -0.3 is 10.3 Å². The average Bonchev–Trinajstić information content (AvgIpc) is 2.67. The largest absolute Gasteiger partial charge is 0.341 e. The first-order valence-electron chi connectivity index (χ1n) is 4.33. The van der Waals surface area contributed by atoms with Gasteiger partial charge in [0, 0.05) is 12.3 Å². The van der Waals surface area contributed by atoms with Crippen molar-refractivity contribution >= 4 is 22.9 Å². The minimum absolute atomic E-state index is 0.729. The molecule has 0 aliphatic carbocycles. The van der Waals surface area contributed by atoms with Gasteiger partial charge >= 0.3 is 0 Å².